The molecule has 0 aromatic carbocycles. The molecule has 0 radical (unpaired) electrons. The molecule has 3 aliphatic rings. The first-order chi connectivity index (χ1) is 9.28. The third kappa shape index (κ3) is 2.78. The number of carbonyl (C=O) groups is 1. The van der Waals surface area contributed by atoms with Crippen molar-refractivity contribution in [2.75, 3.05) is 13.1 Å². The zero-order valence-electron chi connectivity index (χ0n) is 11.5. The minimum Gasteiger partial charge on any atom is -0.364 e. The van der Waals surface area contributed by atoms with E-state index in [1.54, 1.807) is 0 Å². The second-order valence-electron chi connectivity index (χ2n) is 6.23. The maximum atomic E-state index is 11.5. The molecule has 19 heavy (non-hydrogen) atoms. The number of fused-ring (bicyclic) bond motifs is 1. The summed E-state index contributed by atoms with van der Waals surface area (Å²) in [4.78, 5) is 14.1. The fraction of sp³-hybridized carbons (Fsp3) is 0.929. The highest BCUT2D eigenvalue weighted by Crippen LogP contribution is 2.36. The lowest BCUT2D eigenvalue weighted by molar-refractivity contribution is -0.132. The van der Waals surface area contributed by atoms with Crippen molar-refractivity contribution in [2.45, 2.75) is 63.2 Å². The van der Waals surface area contributed by atoms with Crippen LogP contribution < -0.4 is 11.3 Å². The van der Waals surface area contributed by atoms with E-state index >= 15 is 0 Å². The smallest absolute Gasteiger partial charge is 0.263 e. The van der Waals surface area contributed by atoms with Crippen LogP contribution in [0.1, 0.15) is 44.9 Å². The van der Waals surface area contributed by atoms with Gasteiger partial charge in [0, 0.05) is 12.6 Å². The van der Waals surface area contributed by atoms with Crippen LogP contribution in [-0.2, 0) is 9.53 Å². The van der Waals surface area contributed by atoms with Gasteiger partial charge in [-0.2, -0.15) is 0 Å². The van der Waals surface area contributed by atoms with Crippen molar-refractivity contribution in [3.05, 3.63) is 0 Å². The molecule has 3 rings (SSSR count). The van der Waals surface area contributed by atoms with Crippen molar-refractivity contribution in [1.29, 1.82) is 0 Å². The monoisotopic (exact) mass is 267 g/mol. The molecule has 2 heterocycles. The van der Waals surface area contributed by atoms with E-state index in [0.717, 1.165) is 31.3 Å². The first-order valence-corrected chi connectivity index (χ1v) is 7.68. The SMILES string of the molecule is NNC(=O)C1CCC(CN2CCC3CCCCC32)O1. The molecular formula is C14H25N3O2. The van der Waals surface area contributed by atoms with Gasteiger partial charge in [0.25, 0.3) is 5.91 Å². The van der Waals surface area contributed by atoms with Crippen molar-refractivity contribution in [2.24, 2.45) is 11.8 Å². The number of carbonyl (C=O) groups excluding carboxylic acids is 1. The third-order valence-corrected chi connectivity index (χ3v) is 5.11. The Bertz CT molecular complexity index is 337. The lowest BCUT2D eigenvalue weighted by Crippen LogP contribution is -2.42. The number of hydrogen-bond donors (Lipinski definition) is 2. The van der Waals surface area contributed by atoms with Crippen LogP contribution in [0.4, 0.5) is 0 Å². The summed E-state index contributed by atoms with van der Waals surface area (Å²) < 4.78 is 5.82. The summed E-state index contributed by atoms with van der Waals surface area (Å²) in [5.41, 5.74) is 2.19. The van der Waals surface area contributed by atoms with Crippen molar-refractivity contribution in [3.63, 3.8) is 0 Å². The number of nitrogens with one attached hydrogen (secondary N) is 1. The van der Waals surface area contributed by atoms with Gasteiger partial charge in [0.15, 0.2) is 0 Å². The van der Waals surface area contributed by atoms with Gasteiger partial charge in [0.05, 0.1) is 6.10 Å². The summed E-state index contributed by atoms with van der Waals surface area (Å²) in [6.45, 7) is 2.21. The fourth-order valence-electron chi connectivity index (χ4n) is 4.12. The number of nitrogens with two attached hydrogens (primary N) is 1. The minimum atomic E-state index is -0.334. The molecule has 0 spiro atoms. The lowest BCUT2D eigenvalue weighted by Gasteiger charge is -2.33. The van der Waals surface area contributed by atoms with Gasteiger partial charge in [-0.15, -0.1) is 0 Å². The first-order valence-electron chi connectivity index (χ1n) is 7.68. The van der Waals surface area contributed by atoms with Crippen LogP contribution in [0, 0.1) is 5.92 Å². The predicted molar refractivity (Wildman–Crippen MR) is 72.2 cm³/mol. The summed E-state index contributed by atoms with van der Waals surface area (Å²) >= 11 is 0. The van der Waals surface area contributed by atoms with Crippen molar-refractivity contribution < 1.29 is 9.53 Å². The number of rotatable bonds is 3. The molecule has 0 aromatic heterocycles. The van der Waals surface area contributed by atoms with Gasteiger partial charge in [-0.25, -0.2) is 5.84 Å². The van der Waals surface area contributed by atoms with Gasteiger partial charge in [-0.1, -0.05) is 12.8 Å². The number of nitrogens with zero attached hydrogens (tertiary/aromatic N) is 1. The lowest BCUT2D eigenvalue weighted by atomic mass is 9.85. The normalized spacial score (nSPS) is 39.2. The minimum absolute atomic E-state index is 0.181. The Morgan fingerprint density at radius 1 is 1.21 bits per heavy atom. The van der Waals surface area contributed by atoms with Gasteiger partial charge in [0.1, 0.15) is 6.10 Å². The van der Waals surface area contributed by atoms with Gasteiger partial charge in [-0.3, -0.25) is 15.1 Å². The molecule has 2 saturated heterocycles. The molecule has 4 unspecified atom stereocenters. The standard InChI is InChI=1S/C14H25N3O2/c15-16-14(18)13-6-5-11(19-13)9-17-8-7-10-3-1-2-4-12(10)17/h10-13H,1-9,15H2,(H,16,18). The van der Waals surface area contributed by atoms with Gasteiger partial charge < -0.3 is 4.74 Å². The molecule has 5 heteroatoms. The molecule has 4 atom stereocenters. The molecule has 3 fully saturated rings. The molecule has 1 saturated carbocycles. The van der Waals surface area contributed by atoms with Gasteiger partial charge in [0.2, 0.25) is 0 Å². The number of likely N-dealkylation sites (tertiary alicyclic amines) is 1. The van der Waals surface area contributed by atoms with E-state index in [4.69, 9.17) is 10.6 Å². The Morgan fingerprint density at radius 3 is 2.89 bits per heavy atom. The van der Waals surface area contributed by atoms with E-state index in [1.807, 2.05) is 0 Å². The zero-order chi connectivity index (χ0) is 13.2. The molecule has 1 aliphatic carbocycles. The number of amides is 1. The summed E-state index contributed by atoms with van der Waals surface area (Å²) in [7, 11) is 0. The Kier molecular flexibility index (Phi) is 4.05. The number of hydrazine groups is 1. The summed E-state index contributed by atoms with van der Waals surface area (Å²) in [6, 6.07) is 0.778. The summed E-state index contributed by atoms with van der Waals surface area (Å²) in [6.07, 6.45) is 8.55. The summed E-state index contributed by atoms with van der Waals surface area (Å²) in [5.74, 6) is 5.89. The quantitative estimate of drug-likeness (QED) is 0.451. The fourth-order valence-corrected chi connectivity index (χ4v) is 4.12. The average molecular weight is 267 g/mol. The van der Waals surface area contributed by atoms with Gasteiger partial charge >= 0.3 is 0 Å². The van der Waals surface area contributed by atoms with Crippen LogP contribution in [-0.4, -0.2) is 42.1 Å². The van der Waals surface area contributed by atoms with Crippen molar-refractivity contribution in [1.82, 2.24) is 10.3 Å². The van der Waals surface area contributed by atoms with Crippen molar-refractivity contribution >= 4 is 5.91 Å². The van der Waals surface area contributed by atoms with E-state index in [0.29, 0.717) is 0 Å². The maximum absolute atomic E-state index is 11.5. The predicted octanol–water partition coefficient (Wildman–Crippen LogP) is 0.788. The number of hydrogen-bond acceptors (Lipinski definition) is 4. The number of ether oxygens (including phenoxy) is 1. The molecule has 5 nitrogen and oxygen atoms in total. The molecule has 3 N–H and O–H groups in total. The highest BCUT2D eigenvalue weighted by atomic mass is 16.5. The topological polar surface area (TPSA) is 67.6 Å². The van der Waals surface area contributed by atoms with E-state index in [1.165, 1.54) is 38.6 Å². The maximum Gasteiger partial charge on any atom is 0.263 e. The van der Waals surface area contributed by atoms with Crippen LogP contribution >= 0.6 is 0 Å². The largest absolute Gasteiger partial charge is 0.364 e. The molecular weight excluding hydrogens is 242 g/mol. The van der Waals surface area contributed by atoms with E-state index in [-0.39, 0.29) is 18.1 Å². The Labute approximate surface area is 114 Å². The second-order valence-corrected chi connectivity index (χ2v) is 6.23. The van der Waals surface area contributed by atoms with Crippen LogP contribution in [0.25, 0.3) is 0 Å². The van der Waals surface area contributed by atoms with Crippen LogP contribution in [0.5, 0.6) is 0 Å². The molecule has 2 aliphatic heterocycles. The molecule has 0 aromatic rings. The average Bonchev–Trinajstić information content (AvgIpc) is 3.06. The third-order valence-electron chi connectivity index (χ3n) is 5.11. The first kappa shape index (κ1) is 13.3. The zero-order valence-corrected chi connectivity index (χ0v) is 11.5. The van der Waals surface area contributed by atoms with E-state index in [2.05, 4.69) is 10.3 Å². The highest BCUT2D eigenvalue weighted by Gasteiger charge is 2.38. The van der Waals surface area contributed by atoms with Gasteiger partial charge in [-0.05, 0) is 44.6 Å². The van der Waals surface area contributed by atoms with Crippen LogP contribution in [0.2, 0.25) is 0 Å². The summed E-state index contributed by atoms with van der Waals surface area (Å²) in [5, 5.41) is 0. The second kappa shape index (κ2) is 5.77. The Hall–Kier alpha value is -0.650. The Balaban J connectivity index is 1.51. The van der Waals surface area contributed by atoms with E-state index in [9.17, 15) is 4.79 Å². The van der Waals surface area contributed by atoms with Crippen LogP contribution in [0.3, 0.4) is 0 Å². The van der Waals surface area contributed by atoms with Crippen molar-refractivity contribution in [3.8, 4) is 0 Å². The molecule has 108 valence electrons. The Morgan fingerprint density at radius 2 is 2.05 bits per heavy atom. The molecule has 0 bridgehead atoms. The van der Waals surface area contributed by atoms with Crippen LogP contribution in [0.15, 0.2) is 0 Å². The highest BCUT2D eigenvalue weighted by molar-refractivity contribution is 5.80. The van der Waals surface area contributed by atoms with E-state index < -0.39 is 0 Å². The molecule has 1 amide bonds.